The molecule has 1 aliphatic carbocycles. The van der Waals surface area contributed by atoms with Crippen LogP contribution in [0.25, 0.3) is 0 Å². The molecule has 4 rings (SSSR count). The van der Waals surface area contributed by atoms with Gasteiger partial charge in [0.1, 0.15) is 11.6 Å². The summed E-state index contributed by atoms with van der Waals surface area (Å²) < 4.78 is 27.0. The largest absolute Gasteiger partial charge is 0.306 e. The Balaban J connectivity index is 1.83. The maximum absolute atomic E-state index is 13.7. The molecule has 0 unspecified atom stereocenters. The van der Waals surface area contributed by atoms with Crippen LogP contribution in [0.1, 0.15) is 34.9 Å². The summed E-state index contributed by atoms with van der Waals surface area (Å²) in [7, 11) is 2.13. The molecule has 1 fully saturated rings. The lowest BCUT2D eigenvalue weighted by molar-refractivity contribution is 0.191. The number of fused-ring (bicyclic) bond motifs is 3. The van der Waals surface area contributed by atoms with Gasteiger partial charge in [0.15, 0.2) is 0 Å². The van der Waals surface area contributed by atoms with Crippen molar-refractivity contribution >= 4 is 0 Å². The summed E-state index contributed by atoms with van der Waals surface area (Å²) in [6.07, 6.45) is 1.10. The van der Waals surface area contributed by atoms with Gasteiger partial charge in [0.25, 0.3) is 0 Å². The van der Waals surface area contributed by atoms with Crippen molar-refractivity contribution in [2.45, 2.75) is 18.3 Å². The fraction of sp³-hybridized carbons (Fsp3) is 0.368. The van der Waals surface area contributed by atoms with Gasteiger partial charge < -0.3 is 4.90 Å². The van der Waals surface area contributed by atoms with Crippen LogP contribution in [-0.2, 0) is 0 Å². The Hall–Kier alpha value is -1.74. The highest BCUT2D eigenvalue weighted by Crippen LogP contribution is 2.52. The van der Waals surface area contributed by atoms with E-state index in [0.29, 0.717) is 11.8 Å². The highest BCUT2D eigenvalue weighted by atomic mass is 19.1. The molecule has 0 aromatic heterocycles. The summed E-state index contributed by atoms with van der Waals surface area (Å²) in [5, 5.41) is 0. The summed E-state index contributed by atoms with van der Waals surface area (Å²) in [5.41, 5.74) is 3.51. The Bertz CT molecular complexity index is 695. The molecule has 2 aromatic carbocycles. The maximum Gasteiger partial charge on any atom is 0.123 e. The fourth-order valence-electron chi connectivity index (χ4n) is 4.34. The molecule has 1 aliphatic heterocycles. The van der Waals surface area contributed by atoms with E-state index in [1.807, 2.05) is 18.2 Å². The molecule has 0 N–H and O–H groups in total. The summed E-state index contributed by atoms with van der Waals surface area (Å²) in [4.78, 5) is 2.32. The minimum absolute atomic E-state index is 0.162. The molecule has 0 saturated carbocycles. The van der Waals surface area contributed by atoms with Crippen molar-refractivity contribution in [1.29, 1.82) is 0 Å². The summed E-state index contributed by atoms with van der Waals surface area (Å²) in [6.45, 7) is 2.04. The summed E-state index contributed by atoms with van der Waals surface area (Å²) >= 11 is 0. The standard InChI is InChI=1S/C19H19F2N/c1-22-9-8-16-18(11-22)17-10-14(21)6-7-15(17)19(16)12-2-4-13(20)5-3-12/h2-7,10,16,18-19H,8-9,11H2,1H3/t16-,18-,19-/m0/s1. The third kappa shape index (κ3) is 2.15. The Kier molecular flexibility index (Phi) is 3.26. The SMILES string of the molecule is CN1CC[C@@H]2[C@@H](c3ccc(F)cc3)c3ccc(F)cc3[C@H]2C1. The lowest BCUT2D eigenvalue weighted by atomic mass is 9.78. The van der Waals surface area contributed by atoms with E-state index in [4.69, 9.17) is 0 Å². The number of nitrogens with zero attached hydrogens (tertiary/aromatic N) is 1. The van der Waals surface area contributed by atoms with Crippen LogP contribution in [0.2, 0.25) is 0 Å². The van der Waals surface area contributed by atoms with Crippen LogP contribution in [-0.4, -0.2) is 25.0 Å². The van der Waals surface area contributed by atoms with Crippen molar-refractivity contribution in [2.24, 2.45) is 5.92 Å². The zero-order valence-corrected chi connectivity index (χ0v) is 12.6. The number of likely N-dealkylation sites (tertiary alicyclic amines) is 1. The molecule has 3 atom stereocenters. The second kappa shape index (κ2) is 5.17. The molecule has 0 radical (unpaired) electrons. The lowest BCUT2D eigenvalue weighted by Gasteiger charge is -2.35. The van der Waals surface area contributed by atoms with Gasteiger partial charge in [-0.05, 0) is 66.9 Å². The first-order valence-electron chi connectivity index (χ1n) is 7.87. The first-order chi connectivity index (χ1) is 10.6. The average molecular weight is 299 g/mol. The smallest absolute Gasteiger partial charge is 0.123 e. The third-order valence-corrected chi connectivity index (χ3v) is 5.31. The van der Waals surface area contributed by atoms with Crippen LogP contribution in [0.15, 0.2) is 42.5 Å². The second-order valence-corrected chi connectivity index (χ2v) is 6.62. The van der Waals surface area contributed by atoms with Crippen LogP contribution in [0.4, 0.5) is 8.78 Å². The second-order valence-electron chi connectivity index (χ2n) is 6.62. The zero-order chi connectivity index (χ0) is 15.3. The molecule has 114 valence electrons. The van der Waals surface area contributed by atoms with E-state index in [0.717, 1.165) is 30.6 Å². The number of rotatable bonds is 1. The van der Waals surface area contributed by atoms with Crippen LogP contribution in [0, 0.1) is 17.6 Å². The Morgan fingerprint density at radius 1 is 0.955 bits per heavy atom. The Labute approximate surface area is 129 Å². The first-order valence-corrected chi connectivity index (χ1v) is 7.87. The van der Waals surface area contributed by atoms with E-state index >= 15 is 0 Å². The van der Waals surface area contributed by atoms with E-state index in [9.17, 15) is 8.78 Å². The van der Waals surface area contributed by atoms with E-state index in [-0.39, 0.29) is 17.6 Å². The Morgan fingerprint density at radius 2 is 1.68 bits per heavy atom. The van der Waals surface area contributed by atoms with Gasteiger partial charge in [0, 0.05) is 18.4 Å². The van der Waals surface area contributed by atoms with E-state index in [1.54, 1.807) is 12.1 Å². The zero-order valence-electron chi connectivity index (χ0n) is 12.6. The van der Waals surface area contributed by atoms with Gasteiger partial charge in [-0.1, -0.05) is 18.2 Å². The summed E-state index contributed by atoms with van der Waals surface area (Å²) in [5.74, 6) is 0.749. The molecule has 2 aromatic rings. The number of benzene rings is 2. The highest BCUT2D eigenvalue weighted by Gasteiger charge is 2.43. The van der Waals surface area contributed by atoms with Gasteiger partial charge >= 0.3 is 0 Å². The van der Waals surface area contributed by atoms with Gasteiger partial charge in [-0.3, -0.25) is 0 Å². The van der Waals surface area contributed by atoms with Crippen LogP contribution in [0.5, 0.6) is 0 Å². The molecule has 1 nitrogen and oxygen atoms in total. The van der Waals surface area contributed by atoms with E-state index in [1.165, 1.54) is 17.7 Å². The van der Waals surface area contributed by atoms with Gasteiger partial charge in [-0.15, -0.1) is 0 Å². The predicted molar refractivity (Wildman–Crippen MR) is 83.0 cm³/mol. The highest BCUT2D eigenvalue weighted by molar-refractivity contribution is 5.47. The van der Waals surface area contributed by atoms with E-state index in [2.05, 4.69) is 11.9 Å². The minimum atomic E-state index is -0.207. The van der Waals surface area contributed by atoms with Gasteiger partial charge in [-0.2, -0.15) is 0 Å². The predicted octanol–water partition coefficient (Wildman–Crippen LogP) is 4.15. The fourth-order valence-corrected chi connectivity index (χ4v) is 4.34. The van der Waals surface area contributed by atoms with Gasteiger partial charge in [0.2, 0.25) is 0 Å². The maximum atomic E-state index is 13.7. The summed E-state index contributed by atoms with van der Waals surface area (Å²) in [6, 6.07) is 12.0. The van der Waals surface area contributed by atoms with Crippen molar-refractivity contribution in [2.75, 3.05) is 20.1 Å². The number of likely N-dealkylation sites (N-methyl/N-ethyl adjacent to an activating group) is 1. The molecule has 0 amide bonds. The molecule has 22 heavy (non-hydrogen) atoms. The van der Waals surface area contributed by atoms with Crippen molar-refractivity contribution in [3.63, 3.8) is 0 Å². The molecule has 1 heterocycles. The molecule has 2 aliphatic rings. The number of hydrogen-bond acceptors (Lipinski definition) is 1. The van der Waals surface area contributed by atoms with Crippen molar-refractivity contribution in [1.82, 2.24) is 4.90 Å². The van der Waals surface area contributed by atoms with Crippen molar-refractivity contribution in [3.8, 4) is 0 Å². The molecular formula is C19H19F2N. The quantitative estimate of drug-likeness (QED) is 0.765. The van der Waals surface area contributed by atoms with Gasteiger partial charge in [-0.25, -0.2) is 8.78 Å². The average Bonchev–Trinajstić information content (AvgIpc) is 2.81. The first kappa shape index (κ1) is 13.9. The number of halogens is 2. The van der Waals surface area contributed by atoms with Crippen molar-refractivity contribution in [3.05, 3.63) is 70.8 Å². The van der Waals surface area contributed by atoms with Crippen molar-refractivity contribution < 1.29 is 8.78 Å². The van der Waals surface area contributed by atoms with E-state index < -0.39 is 0 Å². The molecule has 1 saturated heterocycles. The molecule has 0 bridgehead atoms. The van der Waals surface area contributed by atoms with Crippen LogP contribution >= 0.6 is 0 Å². The van der Waals surface area contributed by atoms with Gasteiger partial charge in [0.05, 0.1) is 0 Å². The monoisotopic (exact) mass is 299 g/mol. The minimum Gasteiger partial charge on any atom is -0.306 e. The number of piperidine rings is 1. The Morgan fingerprint density at radius 3 is 2.45 bits per heavy atom. The normalized spacial score (nSPS) is 27.5. The van der Waals surface area contributed by atoms with Crippen LogP contribution < -0.4 is 0 Å². The van der Waals surface area contributed by atoms with Crippen LogP contribution in [0.3, 0.4) is 0 Å². The number of hydrogen-bond donors (Lipinski definition) is 0. The third-order valence-electron chi connectivity index (χ3n) is 5.31. The molecular weight excluding hydrogens is 280 g/mol. The lowest BCUT2D eigenvalue weighted by Crippen LogP contribution is -2.36. The molecule has 0 spiro atoms. The topological polar surface area (TPSA) is 3.24 Å². The molecule has 3 heteroatoms.